The lowest BCUT2D eigenvalue weighted by Gasteiger charge is -2.19. The molecule has 0 spiro atoms. The van der Waals surface area contributed by atoms with Gasteiger partial charge in [-0.05, 0) is 31.4 Å². The zero-order valence-corrected chi connectivity index (χ0v) is 11.3. The van der Waals surface area contributed by atoms with Gasteiger partial charge in [-0.2, -0.15) is 13.2 Å². The van der Waals surface area contributed by atoms with E-state index in [4.69, 9.17) is 5.11 Å². The highest BCUT2D eigenvalue weighted by molar-refractivity contribution is 5.95. The molecule has 6 heteroatoms. The molecule has 1 rings (SSSR count). The second-order valence-electron chi connectivity index (χ2n) is 4.55. The van der Waals surface area contributed by atoms with Crippen molar-refractivity contribution < 1.29 is 23.1 Å². The summed E-state index contributed by atoms with van der Waals surface area (Å²) >= 11 is 0. The standard InChI is InChI=1S/C14H18F3NO2/c1-18(9-5-2-6-10-19)13(20)11-7-3-4-8-12(11)14(15,16)17/h3-4,7-8,19H,2,5-6,9-10H2,1H3. The van der Waals surface area contributed by atoms with Crippen LogP contribution in [0.3, 0.4) is 0 Å². The average Bonchev–Trinajstić information content (AvgIpc) is 2.41. The molecular weight excluding hydrogens is 271 g/mol. The van der Waals surface area contributed by atoms with Crippen molar-refractivity contribution in [3.8, 4) is 0 Å². The smallest absolute Gasteiger partial charge is 0.396 e. The van der Waals surface area contributed by atoms with Gasteiger partial charge in [-0.1, -0.05) is 12.1 Å². The van der Waals surface area contributed by atoms with Gasteiger partial charge in [0.2, 0.25) is 0 Å². The lowest BCUT2D eigenvalue weighted by atomic mass is 10.1. The number of alkyl halides is 3. The van der Waals surface area contributed by atoms with Crippen LogP contribution in [0.15, 0.2) is 24.3 Å². The van der Waals surface area contributed by atoms with E-state index < -0.39 is 17.6 Å². The molecule has 0 unspecified atom stereocenters. The van der Waals surface area contributed by atoms with Gasteiger partial charge in [0.25, 0.3) is 5.91 Å². The summed E-state index contributed by atoms with van der Waals surface area (Å²) in [6.07, 6.45) is -2.53. The maximum Gasteiger partial charge on any atom is 0.417 e. The molecule has 1 aromatic rings. The van der Waals surface area contributed by atoms with E-state index in [1.54, 1.807) is 0 Å². The van der Waals surface area contributed by atoms with Crippen LogP contribution in [0.2, 0.25) is 0 Å². The zero-order chi connectivity index (χ0) is 15.2. The maximum absolute atomic E-state index is 12.8. The Bertz CT molecular complexity index is 446. The Morgan fingerprint density at radius 2 is 1.85 bits per heavy atom. The van der Waals surface area contributed by atoms with Crippen molar-refractivity contribution in [2.45, 2.75) is 25.4 Å². The molecule has 0 bridgehead atoms. The molecule has 0 aliphatic rings. The van der Waals surface area contributed by atoms with Crippen molar-refractivity contribution >= 4 is 5.91 Å². The minimum atomic E-state index is -4.54. The summed E-state index contributed by atoms with van der Waals surface area (Å²) in [7, 11) is 1.48. The van der Waals surface area contributed by atoms with E-state index in [0.29, 0.717) is 19.4 Å². The van der Waals surface area contributed by atoms with Crippen LogP contribution in [0.4, 0.5) is 13.2 Å². The lowest BCUT2D eigenvalue weighted by molar-refractivity contribution is -0.138. The first kappa shape index (κ1) is 16.5. The van der Waals surface area contributed by atoms with Crippen LogP contribution < -0.4 is 0 Å². The monoisotopic (exact) mass is 289 g/mol. The first-order chi connectivity index (χ1) is 9.38. The van der Waals surface area contributed by atoms with Gasteiger partial charge in [-0.25, -0.2) is 0 Å². The molecule has 0 saturated heterocycles. The van der Waals surface area contributed by atoms with Gasteiger partial charge >= 0.3 is 6.18 Å². The largest absolute Gasteiger partial charge is 0.417 e. The van der Waals surface area contributed by atoms with Crippen LogP contribution in [0.1, 0.15) is 35.2 Å². The number of amides is 1. The quantitative estimate of drug-likeness (QED) is 0.818. The first-order valence-electron chi connectivity index (χ1n) is 6.40. The minimum Gasteiger partial charge on any atom is -0.396 e. The minimum absolute atomic E-state index is 0.0779. The fraction of sp³-hybridized carbons (Fsp3) is 0.500. The normalized spacial score (nSPS) is 11.4. The van der Waals surface area contributed by atoms with E-state index in [-0.39, 0.29) is 12.2 Å². The second-order valence-corrected chi connectivity index (χ2v) is 4.55. The molecule has 0 fully saturated rings. The summed E-state index contributed by atoms with van der Waals surface area (Å²) in [5.41, 5.74) is -1.24. The van der Waals surface area contributed by atoms with E-state index in [1.165, 1.54) is 30.1 Å². The number of hydrogen-bond acceptors (Lipinski definition) is 2. The maximum atomic E-state index is 12.8. The van der Waals surface area contributed by atoms with Gasteiger partial charge in [-0.3, -0.25) is 4.79 Å². The van der Waals surface area contributed by atoms with E-state index in [2.05, 4.69) is 0 Å². The summed E-state index contributed by atoms with van der Waals surface area (Å²) < 4.78 is 38.5. The molecule has 1 amide bonds. The van der Waals surface area contributed by atoms with Crippen LogP contribution in [0.25, 0.3) is 0 Å². The highest BCUT2D eigenvalue weighted by atomic mass is 19.4. The third kappa shape index (κ3) is 4.52. The number of benzene rings is 1. The molecule has 1 N–H and O–H groups in total. The van der Waals surface area contributed by atoms with Crippen LogP contribution in [0, 0.1) is 0 Å². The topological polar surface area (TPSA) is 40.5 Å². The Morgan fingerprint density at radius 3 is 2.45 bits per heavy atom. The summed E-state index contributed by atoms with van der Waals surface area (Å²) in [6, 6.07) is 4.78. The van der Waals surface area contributed by atoms with Crippen molar-refractivity contribution in [1.82, 2.24) is 4.90 Å². The van der Waals surface area contributed by atoms with Gasteiger partial charge in [0, 0.05) is 20.2 Å². The number of aliphatic hydroxyl groups is 1. The third-order valence-corrected chi connectivity index (χ3v) is 2.96. The molecule has 0 saturated carbocycles. The van der Waals surface area contributed by atoms with Gasteiger partial charge in [0.1, 0.15) is 0 Å². The number of nitrogens with zero attached hydrogens (tertiary/aromatic N) is 1. The number of unbranched alkanes of at least 4 members (excludes halogenated alkanes) is 2. The second kappa shape index (κ2) is 7.28. The SMILES string of the molecule is CN(CCCCCO)C(=O)c1ccccc1C(F)(F)F. The van der Waals surface area contributed by atoms with Gasteiger partial charge in [0.05, 0.1) is 11.1 Å². The van der Waals surface area contributed by atoms with Crippen molar-refractivity contribution in [2.75, 3.05) is 20.2 Å². The molecular formula is C14H18F3NO2. The summed E-state index contributed by atoms with van der Waals surface area (Å²) in [5, 5.41) is 8.64. The fourth-order valence-electron chi connectivity index (χ4n) is 1.86. The van der Waals surface area contributed by atoms with Crippen molar-refractivity contribution in [3.63, 3.8) is 0 Å². The number of hydrogen-bond donors (Lipinski definition) is 1. The van der Waals surface area contributed by atoms with Gasteiger partial charge < -0.3 is 10.0 Å². The summed E-state index contributed by atoms with van der Waals surface area (Å²) in [4.78, 5) is 13.3. The predicted molar refractivity (Wildman–Crippen MR) is 69.3 cm³/mol. The Morgan fingerprint density at radius 1 is 1.20 bits per heavy atom. The summed E-state index contributed by atoms with van der Waals surface area (Å²) in [5.74, 6) is -0.637. The molecule has 0 atom stereocenters. The van der Waals surface area contributed by atoms with Crippen LogP contribution in [0.5, 0.6) is 0 Å². The number of halogens is 3. The zero-order valence-electron chi connectivity index (χ0n) is 11.3. The number of carbonyl (C=O) groups is 1. The molecule has 3 nitrogen and oxygen atoms in total. The Hall–Kier alpha value is -1.56. The van der Waals surface area contributed by atoms with E-state index in [9.17, 15) is 18.0 Å². The third-order valence-electron chi connectivity index (χ3n) is 2.96. The van der Waals surface area contributed by atoms with E-state index >= 15 is 0 Å². The van der Waals surface area contributed by atoms with E-state index in [1.807, 2.05) is 0 Å². The molecule has 0 heterocycles. The molecule has 112 valence electrons. The highest BCUT2D eigenvalue weighted by Gasteiger charge is 2.35. The van der Waals surface area contributed by atoms with Crippen LogP contribution in [-0.2, 0) is 6.18 Å². The van der Waals surface area contributed by atoms with Crippen molar-refractivity contribution in [2.24, 2.45) is 0 Å². The first-order valence-corrected chi connectivity index (χ1v) is 6.40. The Kier molecular flexibility index (Phi) is 6.01. The molecule has 0 aliphatic carbocycles. The number of rotatable bonds is 6. The van der Waals surface area contributed by atoms with Crippen LogP contribution >= 0.6 is 0 Å². The van der Waals surface area contributed by atoms with Crippen molar-refractivity contribution in [1.29, 1.82) is 0 Å². The van der Waals surface area contributed by atoms with Gasteiger partial charge in [-0.15, -0.1) is 0 Å². The predicted octanol–water partition coefficient (Wildman–Crippen LogP) is 2.94. The fourth-order valence-corrected chi connectivity index (χ4v) is 1.86. The molecule has 1 aromatic carbocycles. The molecule has 0 aliphatic heterocycles. The molecule has 0 radical (unpaired) electrons. The average molecular weight is 289 g/mol. The lowest BCUT2D eigenvalue weighted by Crippen LogP contribution is -2.29. The number of carbonyl (C=O) groups excluding carboxylic acids is 1. The van der Waals surface area contributed by atoms with Crippen LogP contribution in [-0.4, -0.2) is 36.1 Å². The highest BCUT2D eigenvalue weighted by Crippen LogP contribution is 2.32. The Labute approximate surface area is 116 Å². The molecule has 0 aromatic heterocycles. The van der Waals surface area contributed by atoms with Gasteiger partial charge in [0.15, 0.2) is 0 Å². The van der Waals surface area contributed by atoms with E-state index in [0.717, 1.165) is 12.5 Å². The summed E-state index contributed by atoms with van der Waals surface area (Å²) in [6.45, 7) is 0.444. The molecule has 20 heavy (non-hydrogen) atoms. The van der Waals surface area contributed by atoms with Crippen molar-refractivity contribution in [3.05, 3.63) is 35.4 Å². The Balaban J connectivity index is 2.77. The number of aliphatic hydroxyl groups excluding tert-OH is 1.